The van der Waals surface area contributed by atoms with Gasteiger partial charge in [-0.05, 0) is 61.0 Å². The van der Waals surface area contributed by atoms with Gasteiger partial charge in [0, 0.05) is 48.1 Å². The summed E-state index contributed by atoms with van der Waals surface area (Å²) in [6, 6.07) is 11.9. The zero-order valence-electron chi connectivity index (χ0n) is 15.4. The number of carbonyl (C=O) groups is 1. The van der Waals surface area contributed by atoms with E-state index in [2.05, 4.69) is 22.0 Å². The van der Waals surface area contributed by atoms with Crippen molar-refractivity contribution in [1.29, 1.82) is 0 Å². The number of nitrogens with one attached hydrogen (secondary N) is 1. The van der Waals surface area contributed by atoms with E-state index < -0.39 is 0 Å². The Balaban J connectivity index is 1.38. The molecular formula is C22H23FN2O2. The van der Waals surface area contributed by atoms with Gasteiger partial charge < -0.3 is 9.72 Å². The Morgan fingerprint density at radius 3 is 2.81 bits per heavy atom. The van der Waals surface area contributed by atoms with Crippen molar-refractivity contribution in [2.45, 2.75) is 25.8 Å². The third-order valence-corrected chi connectivity index (χ3v) is 5.31. The van der Waals surface area contributed by atoms with Gasteiger partial charge >= 0.3 is 0 Å². The van der Waals surface area contributed by atoms with Crippen LogP contribution in [0, 0.1) is 5.82 Å². The molecule has 1 aliphatic rings. The number of methoxy groups -OCH3 is 1. The van der Waals surface area contributed by atoms with Crippen LogP contribution in [-0.4, -0.2) is 35.9 Å². The van der Waals surface area contributed by atoms with Crippen LogP contribution in [0.4, 0.5) is 4.39 Å². The van der Waals surface area contributed by atoms with E-state index in [0.29, 0.717) is 12.0 Å². The van der Waals surface area contributed by atoms with Crippen LogP contribution >= 0.6 is 0 Å². The number of rotatable bonds is 6. The number of Topliss-reactive ketones (excluding diaryl/α,β-unsaturated/α-hetero) is 1. The predicted octanol–water partition coefficient (Wildman–Crippen LogP) is 4.34. The van der Waals surface area contributed by atoms with E-state index in [1.807, 2.05) is 6.07 Å². The molecule has 0 radical (unpaired) electrons. The molecule has 140 valence electrons. The average molecular weight is 366 g/mol. The summed E-state index contributed by atoms with van der Waals surface area (Å²) in [5.74, 6) is 0.627. The molecule has 0 atom stereocenters. The first-order chi connectivity index (χ1) is 13.1. The van der Waals surface area contributed by atoms with E-state index in [1.165, 1.54) is 28.8 Å². The second-order valence-electron chi connectivity index (χ2n) is 7.05. The van der Waals surface area contributed by atoms with E-state index >= 15 is 0 Å². The highest BCUT2D eigenvalue weighted by atomic mass is 19.1. The van der Waals surface area contributed by atoms with Gasteiger partial charge in [0.25, 0.3) is 0 Å². The molecule has 0 bridgehead atoms. The molecule has 1 aromatic heterocycles. The van der Waals surface area contributed by atoms with Crippen molar-refractivity contribution in [3.05, 3.63) is 65.1 Å². The van der Waals surface area contributed by atoms with Crippen LogP contribution < -0.4 is 4.74 Å². The molecule has 0 unspecified atom stereocenters. The summed E-state index contributed by atoms with van der Waals surface area (Å²) in [6.07, 6.45) is 2.27. The Kier molecular flexibility index (Phi) is 4.94. The number of aromatic amines is 1. The Hall–Kier alpha value is -2.66. The van der Waals surface area contributed by atoms with Gasteiger partial charge in [0.1, 0.15) is 11.6 Å². The van der Waals surface area contributed by atoms with Crippen molar-refractivity contribution < 1.29 is 13.9 Å². The molecule has 0 saturated carbocycles. The first kappa shape index (κ1) is 17.7. The van der Waals surface area contributed by atoms with Crippen LogP contribution in [0.5, 0.6) is 5.75 Å². The number of benzene rings is 2. The molecule has 0 amide bonds. The molecule has 3 aromatic rings. The summed E-state index contributed by atoms with van der Waals surface area (Å²) in [6.45, 7) is 2.75. The highest BCUT2D eigenvalue weighted by molar-refractivity contribution is 5.96. The summed E-state index contributed by atoms with van der Waals surface area (Å²) < 4.78 is 18.3. The maximum absolute atomic E-state index is 13.0. The lowest BCUT2D eigenvalue weighted by atomic mass is 10.0. The zero-order valence-corrected chi connectivity index (χ0v) is 15.4. The Labute approximate surface area is 157 Å². The molecule has 0 spiro atoms. The third-order valence-electron chi connectivity index (χ3n) is 5.31. The number of ether oxygens (including phenoxy) is 1. The lowest BCUT2D eigenvalue weighted by Gasteiger charge is -2.27. The van der Waals surface area contributed by atoms with E-state index in [9.17, 15) is 9.18 Å². The fraction of sp³-hybridized carbons (Fsp3) is 0.318. The minimum atomic E-state index is -0.314. The monoisotopic (exact) mass is 366 g/mol. The van der Waals surface area contributed by atoms with Gasteiger partial charge in [-0.15, -0.1) is 0 Å². The summed E-state index contributed by atoms with van der Waals surface area (Å²) in [4.78, 5) is 18.2. The van der Waals surface area contributed by atoms with Gasteiger partial charge in [-0.25, -0.2) is 4.39 Å². The van der Waals surface area contributed by atoms with Gasteiger partial charge in [-0.2, -0.15) is 0 Å². The lowest BCUT2D eigenvalue weighted by Crippen LogP contribution is -2.31. The van der Waals surface area contributed by atoms with Crippen LogP contribution in [0.25, 0.3) is 10.9 Å². The molecule has 2 heterocycles. The van der Waals surface area contributed by atoms with Crippen molar-refractivity contribution in [1.82, 2.24) is 9.88 Å². The fourth-order valence-corrected chi connectivity index (χ4v) is 3.81. The maximum atomic E-state index is 13.0. The van der Waals surface area contributed by atoms with Crippen LogP contribution in [0.15, 0.2) is 42.5 Å². The number of hydrogen-bond acceptors (Lipinski definition) is 3. The molecule has 4 rings (SSSR count). The smallest absolute Gasteiger partial charge is 0.162 e. The van der Waals surface area contributed by atoms with Gasteiger partial charge in [-0.1, -0.05) is 0 Å². The fourth-order valence-electron chi connectivity index (χ4n) is 3.81. The summed E-state index contributed by atoms with van der Waals surface area (Å²) in [5.41, 5.74) is 4.37. The zero-order chi connectivity index (χ0) is 18.8. The van der Waals surface area contributed by atoms with Crippen LogP contribution in [0.2, 0.25) is 0 Å². The van der Waals surface area contributed by atoms with Crippen molar-refractivity contribution >= 4 is 16.7 Å². The van der Waals surface area contributed by atoms with Crippen LogP contribution in [0.1, 0.15) is 34.5 Å². The minimum Gasteiger partial charge on any atom is -0.497 e. The largest absolute Gasteiger partial charge is 0.497 e. The van der Waals surface area contributed by atoms with Crippen LogP contribution in [-0.2, 0) is 13.0 Å². The molecule has 1 aliphatic heterocycles. The number of aromatic nitrogens is 1. The number of hydrogen-bond donors (Lipinski definition) is 1. The topological polar surface area (TPSA) is 45.3 Å². The number of nitrogens with zero attached hydrogens (tertiary/aromatic N) is 1. The normalized spacial score (nSPS) is 14.3. The van der Waals surface area contributed by atoms with Gasteiger partial charge in [-0.3, -0.25) is 9.69 Å². The van der Waals surface area contributed by atoms with Crippen molar-refractivity contribution in [3.8, 4) is 5.75 Å². The number of carbonyl (C=O) groups excluding carboxylic acids is 1. The lowest BCUT2D eigenvalue weighted by molar-refractivity contribution is 0.0973. The van der Waals surface area contributed by atoms with Gasteiger partial charge in [0.2, 0.25) is 0 Å². The second-order valence-corrected chi connectivity index (χ2v) is 7.05. The van der Waals surface area contributed by atoms with Crippen molar-refractivity contribution in [3.63, 3.8) is 0 Å². The average Bonchev–Trinajstić information content (AvgIpc) is 3.05. The molecule has 4 nitrogen and oxygen atoms in total. The molecule has 0 fully saturated rings. The summed E-state index contributed by atoms with van der Waals surface area (Å²) in [5, 5.41) is 1.22. The third kappa shape index (κ3) is 3.74. The summed E-state index contributed by atoms with van der Waals surface area (Å²) in [7, 11) is 1.69. The Bertz CT molecular complexity index is 962. The van der Waals surface area contributed by atoms with E-state index in [4.69, 9.17) is 4.74 Å². The molecule has 0 aliphatic carbocycles. The number of fused-ring (bicyclic) bond motifs is 3. The Morgan fingerprint density at radius 2 is 2.04 bits per heavy atom. The maximum Gasteiger partial charge on any atom is 0.162 e. The molecule has 1 N–H and O–H groups in total. The van der Waals surface area contributed by atoms with Crippen molar-refractivity contribution in [2.24, 2.45) is 0 Å². The van der Waals surface area contributed by atoms with Gasteiger partial charge in [0.05, 0.1) is 7.11 Å². The first-order valence-electron chi connectivity index (χ1n) is 9.32. The standard InChI is InChI=1S/C22H23FN2O2/c1-27-17-8-9-20-18(13-17)19-14-25(12-10-21(19)24-20)11-2-3-22(26)15-4-6-16(23)7-5-15/h4-9,13,24H,2-3,10-12,14H2,1H3. The SMILES string of the molecule is COc1ccc2[nH]c3c(c2c1)CN(CCCC(=O)c1ccc(F)cc1)CC3. The van der Waals surface area contributed by atoms with Gasteiger partial charge in [0.15, 0.2) is 5.78 Å². The highest BCUT2D eigenvalue weighted by Crippen LogP contribution is 2.30. The summed E-state index contributed by atoms with van der Waals surface area (Å²) >= 11 is 0. The predicted molar refractivity (Wildman–Crippen MR) is 104 cm³/mol. The van der Waals surface area contributed by atoms with Crippen molar-refractivity contribution in [2.75, 3.05) is 20.2 Å². The molecular weight excluding hydrogens is 343 g/mol. The van der Waals surface area contributed by atoms with Crippen LogP contribution in [0.3, 0.4) is 0 Å². The second kappa shape index (κ2) is 7.53. The molecule has 0 saturated heterocycles. The van der Waals surface area contributed by atoms with E-state index in [0.717, 1.165) is 43.7 Å². The van der Waals surface area contributed by atoms with E-state index in [-0.39, 0.29) is 11.6 Å². The highest BCUT2D eigenvalue weighted by Gasteiger charge is 2.21. The molecule has 5 heteroatoms. The molecule has 2 aromatic carbocycles. The molecule has 27 heavy (non-hydrogen) atoms. The number of ketones is 1. The quantitative estimate of drug-likeness (QED) is 0.660. The minimum absolute atomic E-state index is 0.0736. The number of H-pyrrole nitrogens is 1. The first-order valence-corrected chi connectivity index (χ1v) is 9.32. The Morgan fingerprint density at radius 1 is 1.22 bits per heavy atom. The van der Waals surface area contributed by atoms with E-state index in [1.54, 1.807) is 19.2 Å². The number of halogens is 1.